The van der Waals surface area contributed by atoms with E-state index in [0.29, 0.717) is 10.8 Å². The number of aryl methyl sites for hydroxylation is 1. The molecule has 0 aliphatic rings. The van der Waals surface area contributed by atoms with Gasteiger partial charge in [-0.3, -0.25) is 9.63 Å². The van der Waals surface area contributed by atoms with Crippen molar-refractivity contribution in [3.8, 4) is 5.75 Å². The van der Waals surface area contributed by atoms with E-state index in [1.807, 2.05) is 27.7 Å². The van der Waals surface area contributed by atoms with Crippen molar-refractivity contribution in [1.29, 1.82) is 0 Å². The van der Waals surface area contributed by atoms with Crippen LogP contribution in [-0.2, 0) is 9.63 Å². The molecule has 0 saturated carbocycles. The van der Waals surface area contributed by atoms with Crippen molar-refractivity contribution in [3.63, 3.8) is 0 Å². The summed E-state index contributed by atoms with van der Waals surface area (Å²) >= 11 is 5.86. The molecule has 0 bridgehead atoms. The lowest BCUT2D eigenvalue weighted by molar-refractivity contribution is -0.151. The molecule has 0 radical (unpaired) electrons. The topological polar surface area (TPSA) is 47.6 Å². The van der Waals surface area contributed by atoms with E-state index in [2.05, 4.69) is 5.48 Å². The number of hydroxylamine groups is 1. The van der Waals surface area contributed by atoms with Crippen molar-refractivity contribution >= 4 is 17.5 Å². The fourth-order valence-corrected chi connectivity index (χ4v) is 1.50. The number of hydrogen-bond donors (Lipinski definition) is 1. The molecule has 1 atom stereocenters. The summed E-state index contributed by atoms with van der Waals surface area (Å²) in [6.07, 6.45) is -0.651. The molecule has 1 aromatic carbocycles. The van der Waals surface area contributed by atoms with E-state index >= 15 is 0 Å². The minimum atomic E-state index is -0.651. The lowest BCUT2D eigenvalue weighted by Crippen LogP contribution is -2.40. The molecule has 0 aliphatic carbocycles. The van der Waals surface area contributed by atoms with Gasteiger partial charge in [-0.2, -0.15) is 0 Å². The van der Waals surface area contributed by atoms with Crippen LogP contribution >= 0.6 is 11.6 Å². The summed E-state index contributed by atoms with van der Waals surface area (Å²) in [6, 6.07) is 5.25. The van der Waals surface area contributed by atoms with Gasteiger partial charge >= 0.3 is 0 Å². The minimum Gasteiger partial charge on any atom is -0.481 e. The van der Waals surface area contributed by atoms with Crippen molar-refractivity contribution < 1.29 is 14.4 Å². The van der Waals surface area contributed by atoms with Gasteiger partial charge in [0.2, 0.25) is 0 Å². The first-order valence-electron chi connectivity index (χ1n) is 6.10. The molecule has 0 aliphatic heterocycles. The van der Waals surface area contributed by atoms with Crippen LogP contribution < -0.4 is 10.2 Å². The van der Waals surface area contributed by atoms with Gasteiger partial charge in [0.05, 0.1) is 5.60 Å². The predicted molar refractivity (Wildman–Crippen MR) is 75.3 cm³/mol. The third kappa shape index (κ3) is 5.49. The van der Waals surface area contributed by atoms with Gasteiger partial charge in [0.15, 0.2) is 6.10 Å². The molecular weight excluding hydrogens is 266 g/mol. The molecule has 0 heterocycles. The van der Waals surface area contributed by atoms with Crippen LogP contribution in [-0.4, -0.2) is 17.6 Å². The number of amides is 1. The Morgan fingerprint density at radius 3 is 2.53 bits per heavy atom. The second-order valence-electron chi connectivity index (χ2n) is 5.35. The highest BCUT2D eigenvalue weighted by atomic mass is 35.5. The van der Waals surface area contributed by atoms with Crippen molar-refractivity contribution in [2.75, 3.05) is 0 Å². The van der Waals surface area contributed by atoms with Gasteiger partial charge in [-0.1, -0.05) is 11.6 Å². The van der Waals surface area contributed by atoms with Crippen LogP contribution in [0.5, 0.6) is 5.75 Å². The molecule has 1 unspecified atom stereocenters. The Hall–Kier alpha value is -1.26. The van der Waals surface area contributed by atoms with E-state index in [-0.39, 0.29) is 5.91 Å². The average molecular weight is 286 g/mol. The van der Waals surface area contributed by atoms with Crippen LogP contribution in [0.15, 0.2) is 18.2 Å². The number of benzene rings is 1. The summed E-state index contributed by atoms with van der Waals surface area (Å²) in [5.74, 6) is 0.298. The number of ether oxygens (including phenoxy) is 1. The first-order chi connectivity index (χ1) is 8.69. The van der Waals surface area contributed by atoms with Gasteiger partial charge in [0.1, 0.15) is 5.75 Å². The summed E-state index contributed by atoms with van der Waals surface area (Å²) in [5.41, 5.74) is 2.82. The molecule has 0 fully saturated rings. The number of nitrogens with one attached hydrogen (secondary N) is 1. The van der Waals surface area contributed by atoms with Crippen LogP contribution in [0.3, 0.4) is 0 Å². The molecule has 19 heavy (non-hydrogen) atoms. The van der Waals surface area contributed by atoms with E-state index < -0.39 is 11.7 Å². The van der Waals surface area contributed by atoms with E-state index in [4.69, 9.17) is 21.2 Å². The van der Waals surface area contributed by atoms with Crippen molar-refractivity contribution in [3.05, 3.63) is 28.8 Å². The molecule has 106 valence electrons. The Bertz CT molecular complexity index is 454. The Balaban J connectivity index is 2.59. The maximum absolute atomic E-state index is 11.8. The second kappa shape index (κ2) is 6.26. The number of carbonyl (C=O) groups excluding carboxylic acids is 1. The highest BCUT2D eigenvalue weighted by Gasteiger charge is 2.19. The zero-order chi connectivity index (χ0) is 14.6. The standard InChI is InChI=1S/C14H20ClNO3/c1-9-8-11(15)6-7-12(9)18-10(2)13(17)16-19-14(3,4)5/h6-8,10H,1-5H3,(H,16,17). The summed E-state index contributed by atoms with van der Waals surface area (Å²) in [7, 11) is 0. The van der Waals surface area contributed by atoms with Crippen LogP contribution in [0.4, 0.5) is 0 Å². The lowest BCUT2D eigenvalue weighted by atomic mass is 10.2. The number of hydrogen-bond acceptors (Lipinski definition) is 3. The zero-order valence-corrected chi connectivity index (χ0v) is 12.7. The van der Waals surface area contributed by atoms with E-state index in [0.717, 1.165) is 5.56 Å². The zero-order valence-electron chi connectivity index (χ0n) is 11.9. The quantitative estimate of drug-likeness (QED) is 0.864. The largest absolute Gasteiger partial charge is 0.481 e. The second-order valence-corrected chi connectivity index (χ2v) is 5.79. The fraction of sp³-hybridized carbons (Fsp3) is 0.500. The first-order valence-corrected chi connectivity index (χ1v) is 6.47. The van der Waals surface area contributed by atoms with E-state index in [1.165, 1.54) is 0 Å². The molecule has 1 aromatic rings. The number of rotatable bonds is 4. The van der Waals surface area contributed by atoms with Gasteiger partial charge in [-0.25, -0.2) is 5.48 Å². The van der Waals surface area contributed by atoms with Crippen molar-refractivity contribution in [2.45, 2.75) is 46.3 Å². The van der Waals surface area contributed by atoms with Crippen LogP contribution in [0.1, 0.15) is 33.3 Å². The van der Waals surface area contributed by atoms with Gasteiger partial charge < -0.3 is 4.74 Å². The van der Waals surface area contributed by atoms with Gasteiger partial charge in [0, 0.05) is 5.02 Å². The first kappa shape index (κ1) is 15.8. The molecule has 0 spiro atoms. The Kier molecular flexibility index (Phi) is 5.20. The molecule has 0 aromatic heterocycles. The molecule has 4 nitrogen and oxygen atoms in total. The monoisotopic (exact) mass is 285 g/mol. The van der Waals surface area contributed by atoms with Crippen LogP contribution in [0.2, 0.25) is 5.02 Å². The molecule has 1 rings (SSSR count). The maximum Gasteiger partial charge on any atom is 0.284 e. The maximum atomic E-state index is 11.8. The Morgan fingerprint density at radius 1 is 1.37 bits per heavy atom. The van der Waals surface area contributed by atoms with Crippen LogP contribution in [0, 0.1) is 6.92 Å². The van der Waals surface area contributed by atoms with Gasteiger partial charge in [-0.15, -0.1) is 0 Å². The third-order valence-electron chi connectivity index (χ3n) is 2.27. The smallest absolute Gasteiger partial charge is 0.284 e. The molecule has 1 N–H and O–H groups in total. The lowest BCUT2D eigenvalue weighted by Gasteiger charge is -2.21. The predicted octanol–water partition coefficient (Wildman–Crippen LogP) is 3.26. The van der Waals surface area contributed by atoms with Crippen LogP contribution in [0.25, 0.3) is 0 Å². The fourth-order valence-electron chi connectivity index (χ4n) is 1.28. The Morgan fingerprint density at radius 2 is 2.00 bits per heavy atom. The minimum absolute atomic E-state index is 0.329. The number of halogens is 1. The molecular formula is C14H20ClNO3. The summed E-state index contributed by atoms with van der Waals surface area (Å²) in [6.45, 7) is 9.08. The Labute approximate surface area is 119 Å². The van der Waals surface area contributed by atoms with Crippen molar-refractivity contribution in [1.82, 2.24) is 5.48 Å². The summed E-state index contributed by atoms with van der Waals surface area (Å²) < 4.78 is 5.58. The highest BCUT2D eigenvalue weighted by Crippen LogP contribution is 2.22. The molecule has 1 amide bonds. The van der Waals surface area contributed by atoms with Gasteiger partial charge in [-0.05, 0) is 58.4 Å². The van der Waals surface area contributed by atoms with Gasteiger partial charge in [0.25, 0.3) is 5.91 Å². The molecule has 5 heteroatoms. The SMILES string of the molecule is Cc1cc(Cl)ccc1OC(C)C(=O)NOC(C)(C)C. The third-order valence-corrected chi connectivity index (χ3v) is 2.50. The summed E-state index contributed by atoms with van der Waals surface area (Å²) in [5, 5.41) is 0.637. The highest BCUT2D eigenvalue weighted by molar-refractivity contribution is 6.30. The average Bonchev–Trinajstić information content (AvgIpc) is 2.28. The van der Waals surface area contributed by atoms with E-state index in [9.17, 15) is 4.79 Å². The summed E-state index contributed by atoms with van der Waals surface area (Å²) in [4.78, 5) is 17.0. The molecule has 0 saturated heterocycles. The van der Waals surface area contributed by atoms with E-state index in [1.54, 1.807) is 25.1 Å². The normalized spacial score (nSPS) is 12.9. The van der Waals surface area contributed by atoms with Crippen molar-refractivity contribution in [2.24, 2.45) is 0 Å². The number of carbonyl (C=O) groups is 1.